The number of benzene rings is 2. The number of hydrogen-bond acceptors (Lipinski definition) is 8. The van der Waals surface area contributed by atoms with Crippen molar-refractivity contribution in [2.24, 2.45) is 0 Å². The van der Waals surface area contributed by atoms with Crippen molar-refractivity contribution in [3.05, 3.63) is 66.0 Å². The monoisotopic (exact) mass is 418 g/mol. The van der Waals surface area contributed by atoms with Crippen molar-refractivity contribution >= 4 is 28.7 Å². The van der Waals surface area contributed by atoms with E-state index in [-0.39, 0.29) is 23.8 Å². The van der Waals surface area contributed by atoms with Crippen LogP contribution in [0.4, 0.5) is 5.69 Å². The first kappa shape index (κ1) is 20.0. The predicted molar refractivity (Wildman–Crippen MR) is 112 cm³/mol. The quantitative estimate of drug-likeness (QED) is 0.474. The molecule has 1 N–H and O–H groups in total. The molecule has 0 aliphatic carbocycles. The zero-order valence-corrected chi connectivity index (χ0v) is 16.8. The Morgan fingerprint density at radius 2 is 1.77 bits per heavy atom. The van der Waals surface area contributed by atoms with Crippen molar-refractivity contribution in [2.75, 3.05) is 19.0 Å². The Morgan fingerprint density at radius 3 is 2.55 bits per heavy atom. The lowest BCUT2D eigenvalue weighted by Gasteiger charge is -2.11. The summed E-state index contributed by atoms with van der Waals surface area (Å²) in [6.07, 6.45) is 0. The first-order chi connectivity index (χ1) is 15.1. The Labute approximate surface area is 177 Å². The Kier molecular flexibility index (Phi) is 5.57. The fourth-order valence-electron chi connectivity index (χ4n) is 3.02. The summed E-state index contributed by atoms with van der Waals surface area (Å²) in [6, 6.07) is 15.9. The lowest BCUT2D eigenvalue weighted by atomic mass is 10.1. The van der Waals surface area contributed by atoms with Crippen molar-refractivity contribution in [3.8, 4) is 17.1 Å². The molecule has 9 nitrogen and oxygen atoms in total. The summed E-state index contributed by atoms with van der Waals surface area (Å²) in [5.74, 6) is -0.436. The Morgan fingerprint density at radius 1 is 1.03 bits per heavy atom. The predicted octanol–water partition coefficient (Wildman–Crippen LogP) is 3.40. The van der Waals surface area contributed by atoms with Crippen molar-refractivity contribution in [1.82, 2.24) is 15.1 Å². The molecule has 0 radical (unpaired) electrons. The fourth-order valence-corrected chi connectivity index (χ4v) is 3.02. The van der Waals surface area contributed by atoms with E-state index in [1.165, 1.54) is 7.11 Å². The molecule has 2 aromatic carbocycles. The van der Waals surface area contributed by atoms with Gasteiger partial charge in [-0.15, -0.1) is 0 Å². The van der Waals surface area contributed by atoms with E-state index in [9.17, 15) is 9.59 Å². The molecular weight excluding hydrogens is 400 g/mol. The molecule has 0 saturated heterocycles. The number of nitrogens with zero attached hydrogens (tertiary/aromatic N) is 3. The third kappa shape index (κ3) is 4.20. The van der Waals surface area contributed by atoms with Gasteiger partial charge in [-0.2, -0.15) is 9.97 Å². The second-order valence-electron chi connectivity index (χ2n) is 6.53. The minimum Gasteiger partial charge on any atom is -0.467 e. The normalized spacial score (nSPS) is 10.6. The lowest BCUT2D eigenvalue weighted by Crippen LogP contribution is -2.22. The van der Waals surface area contributed by atoms with Gasteiger partial charge in [0.05, 0.1) is 18.4 Å². The number of amides is 1. The number of methoxy groups -OCH3 is 1. The molecule has 1 amide bonds. The largest absolute Gasteiger partial charge is 0.467 e. The van der Waals surface area contributed by atoms with Gasteiger partial charge in [0.25, 0.3) is 11.6 Å². The molecule has 4 aromatic rings. The van der Waals surface area contributed by atoms with Crippen LogP contribution >= 0.6 is 0 Å². The van der Waals surface area contributed by atoms with Crippen molar-refractivity contribution < 1.29 is 23.6 Å². The summed E-state index contributed by atoms with van der Waals surface area (Å²) in [4.78, 5) is 32.9. The lowest BCUT2D eigenvalue weighted by molar-refractivity contribution is -0.118. The number of ether oxygens (including phenoxy) is 2. The van der Waals surface area contributed by atoms with E-state index in [2.05, 4.69) is 20.4 Å². The molecule has 0 aliphatic rings. The van der Waals surface area contributed by atoms with Crippen LogP contribution in [0.25, 0.3) is 22.4 Å². The van der Waals surface area contributed by atoms with Gasteiger partial charge < -0.3 is 19.3 Å². The van der Waals surface area contributed by atoms with Crippen molar-refractivity contribution in [2.45, 2.75) is 6.92 Å². The van der Waals surface area contributed by atoms with Gasteiger partial charge in [-0.05, 0) is 19.1 Å². The molecule has 0 aliphatic heterocycles. The van der Waals surface area contributed by atoms with Crippen LogP contribution in [0.3, 0.4) is 0 Å². The van der Waals surface area contributed by atoms with Gasteiger partial charge in [0.15, 0.2) is 6.61 Å². The van der Waals surface area contributed by atoms with E-state index in [0.717, 1.165) is 5.56 Å². The molecule has 2 aromatic heterocycles. The van der Waals surface area contributed by atoms with Crippen LogP contribution in [0.15, 0.2) is 59.1 Å². The number of carbonyl (C=O) groups excluding carboxylic acids is 2. The van der Waals surface area contributed by atoms with E-state index in [1.807, 2.05) is 30.3 Å². The van der Waals surface area contributed by atoms with Gasteiger partial charge in [-0.3, -0.25) is 4.79 Å². The topological polar surface area (TPSA) is 116 Å². The maximum Gasteiger partial charge on any atom is 0.339 e. The smallest absolute Gasteiger partial charge is 0.339 e. The molecule has 0 bridgehead atoms. The van der Waals surface area contributed by atoms with Gasteiger partial charge in [0.2, 0.25) is 5.88 Å². The highest BCUT2D eigenvalue weighted by Crippen LogP contribution is 2.32. The maximum atomic E-state index is 12.5. The van der Waals surface area contributed by atoms with E-state index >= 15 is 0 Å². The number of carbonyl (C=O) groups is 2. The zero-order valence-electron chi connectivity index (χ0n) is 16.8. The van der Waals surface area contributed by atoms with Crippen molar-refractivity contribution in [3.63, 3.8) is 0 Å². The van der Waals surface area contributed by atoms with Crippen LogP contribution in [0, 0.1) is 6.92 Å². The number of hydrogen-bond donors (Lipinski definition) is 1. The molecule has 9 heteroatoms. The highest BCUT2D eigenvalue weighted by atomic mass is 16.5. The molecule has 4 rings (SSSR count). The second kappa shape index (κ2) is 8.62. The molecule has 0 spiro atoms. The first-order valence-electron chi connectivity index (χ1n) is 9.36. The fraction of sp³-hybridized carbons (Fsp3) is 0.136. The minimum atomic E-state index is -0.554. The molecular formula is C22H18N4O5. The number of aryl methyl sites for hydroxylation is 1. The number of esters is 1. The van der Waals surface area contributed by atoms with Gasteiger partial charge in [0.1, 0.15) is 16.9 Å². The SMILES string of the molecule is COC(=O)c1ccccc1NC(=O)COc1nc(C)nc2onc(-c3ccccc3)c12. The number of nitrogens with one attached hydrogen (secondary N) is 1. The molecule has 2 heterocycles. The molecule has 0 saturated carbocycles. The summed E-state index contributed by atoms with van der Waals surface area (Å²) < 4.78 is 15.8. The van der Waals surface area contributed by atoms with Gasteiger partial charge >= 0.3 is 5.97 Å². The molecule has 0 unspecified atom stereocenters. The molecule has 0 fully saturated rings. The van der Waals surface area contributed by atoms with Gasteiger partial charge in [0, 0.05) is 5.56 Å². The number of para-hydroxylation sites is 1. The van der Waals surface area contributed by atoms with E-state index in [1.54, 1.807) is 31.2 Å². The standard InChI is InChI=1S/C22H18N4O5/c1-13-23-20(18-19(26-31-21(18)24-13)14-8-4-3-5-9-14)30-12-17(27)25-16-11-7-6-10-15(16)22(28)29-2/h3-11H,12H2,1-2H3,(H,25,27). The van der Waals surface area contributed by atoms with Crippen LogP contribution in [0.1, 0.15) is 16.2 Å². The second-order valence-corrected chi connectivity index (χ2v) is 6.53. The Bertz CT molecular complexity index is 1250. The van der Waals surface area contributed by atoms with Crippen LogP contribution < -0.4 is 10.1 Å². The van der Waals surface area contributed by atoms with Crippen LogP contribution in [0.5, 0.6) is 5.88 Å². The van der Waals surface area contributed by atoms with Gasteiger partial charge in [-0.25, -0.2) is 4.79 Å². The minimum absolute atomic E-state index is 0.180. The summed E-state index contributed by atoms with van der Waals surface area (Å²) >= 11 is 0. The summed E-state index contributed by atoms with van der Waals surface area (Å²) in [7, 11) is 1.27. The number of fused-ring (bicyclic) bond motifs is 1. The highest BCUT2D eigenvalue weighted by Gasteiger charge is 2.20. The third-order valence-electron chi connectivity index (χ3n) is 4.41. The highest BCUT2D eigenvalue weighted by molar-refractivity contribution is 6.01. The Balaban J connectivity index is 1.58. The number of rotatable bonds is 6. The summed E-state index contributed by atoms with van der Waals surface area (Å²) in [6.45, 7) is 1.34. The average molecular weight is 418 g/mol. The van der Waals surface area contributed by atoms with E-state index in [0.29, 0.717) is 22.6 Å². The summed E-state index contributed by atoms with van der Waals surface area (Å²) in [5.41, 5.74) is 2.14. The van der Waals surface area contributed by atoms with E-state index < -0.39 is 11.9 Å². The zero-order chi connectivity index (χ0) is 21.8. The first-order valence-corrected chi connectivity index (χ1v) is 9.36. The van der Waals surface area contributed by atoms with Crippen LogP contribution in [0.2, 0.25) is 0 Å². The molecule has 0 atom stereocenters. The average Bonchev–Trinajstić information content (AvgIpc) is 3.21. The van der Waals surface area contributed by atoms with Crippen molar-refractivity contribution in [1.29, 1.82) is 0 Å². The Hall–Kier alpha value is -4.27. The van der Waals surface area contributed by atoms with Crippen LogP contribution in [-0.2, 0) is 9.53 Å². The van der Waals surface area contributed by atoms with E-state index in [4.69, 9.17) is 14.0 Å². The summed E-state index contributed by atoms with van der Waals surface area (Å²) in [5, 5.41) is 7.22. The molecule has 31 heavy (non-hydrogen) atoms. The molecule has 156 valence electrons. The maximum absolute atomic E-state index is 12.5. The third-order valence-corrected chi connectivity index (χ3v) is 4.41. The number of aromatic nitrogens is 3. The van der Waals surface area contributed by atoms with Crippen LogP contribution in [-0.4, -0.2) is 40.7 Å². The number of anilines is 1. The van der Waals surface area contributed by atoms with Gasteiger partial charge in [-0.1, -0.05) is 47.6 Å².